The van der Waals surface area contributed by atoms with Crippen molar-refractivity contribution in [1.29, 1.82) is 0 Å². The number of hydrogen-bond acceptors (Lipinski definition) is 6. The maximum Gasteiger partial charge on any atom is 0.306 e. The molecule has 0 bridgehead atoms. The molecule has 0 spiro atoms. The van der Waals surface area contributed by atoms with E-state index in [2.05, 4.69) is 41.5 Å². The molecule has 0 radical (unpaired) electrons. The first-order valence-corrected chi connectivity index (χ1v) is 28.6. The van der Waals surface area contributed by atoms with Gasteiger partial charge in [0.1, 0.15) is 13.2 Å². The molecule has 0 saturated carbocycles. The topological polar surface area (TPSA) is 78.9 Å². The van der Waals surface area contributed by atoms with E-state index in [1.54, 1.807) is 0 Å². The van der Waals surface area contributed by atoms with Crippen molar-refractivity contribution < 1.29 is 28.6 Å². The second-order valence-corrected chi connectivity index (χ2v) is 21.4. The lowest BCUT2D eigenvalue weighted by Crippen LogP contribution is -2.30. The van der Waals surface area contributed by atoms with E-state index in [9.17, 15) is 14.4 Å². The Morgan fingerprint density at radius 3 is 0.672 bits per heavy atom. The lowest BCUT2D eigenvalue weighted by molar-refractivity contribution is -0.167. The van der Waals surface area contributed by atoms with E-state index in [1.807, 2.05) is 0 Å². The Labute approximate surface area is 399 Å². The molecule has 0 unspecified atom stereocenters. The molecular weight excluding hydrogens is 793 g/mol. The second kappa shape index (κ2) is 49.3. The summed E-state index contributed by atoms with van der Waals surface area (Å²) in [6.07, 6.45) is 51.0. The number of hydrogen-bond donors (Lipinski definition) is 0. The zero-order valence-electron chi connectivity index (χ0n) is 44.1. The van der Waals surface area contributed by atoms with Gasteiger partial charge in [-0.1, -0.05) is 279 Å². The standard InChI is InChI=1S/C58H112O6/c1-52(2)44-38-32-26-20-16-12-8-7-9-15-19-23-31-37-43-49-58(61)64-55(51-63-57(60)48-42-36-30-25-24-28-34-40-46-54(5)6)50-62-56(59)47-41-35-29-22-18-14-11-10-13-17-21-27-33-39-45-53(3)4/h52-55H,7-51H2,1-6H3/t55-/m0/s1. The highest BCUT2D eigenvalue weighted by Gasteiger charge is 2.19. The number of carbonyl (C=O) groups excluding carboxylic acids is 3. The first-order valence-electron chi connectivity index (χ1n) is 28.6. The van der Waals surface area contributed by atoms with Crippen molar-refractivity contribution in [2.24, 2.45) is 17.8 Å². The van der Waals surface area contributed by atoms with Gasteiger partial charge in [0.05, 0.1) is 0 Å². The van der Waals surface area contributed by atoms with Crippen LogP contribution in [0.25, 0.3) is 0 Å². The summed E-state index contributed by atoms with van der Waals surface area (Å²) in [5.41, 5.74) is 0. The SMILES string of the molecule is CC(C)CCCCCCCCCCCCCCCCCC(=O)O[C@@H](COC(=O)CCCCCCCCCCCCCCCCC(C)C)COC(=O)CCCCCCCCCCC(C)C. The van der Waals surface area contributed by atoms with Crippen LogP contribution in [0, 0.1) is 17.8 Å². The number of unbranched alkanes of at least 4 members (excludes halogenated alkanes) is 34. The van der Waals surface area contributed by atoms with Gasteiger partial charge in [0.2, 0.25) is 0 Å². The fraction of sp³-hybridized carbons (Fsp3) is 0.948. The van der Waals surface area contributed by atoms with Crippen LogP contribution in [0.1, 0.15) is 318 Å². The van der Waals surface area contributed by atoms with E-state index in [0.717, 1.165) is 75.5 Å². The van der Waals surface area contributed by atoms with Crippen LogP contribution in [0.5, 0.6) is 0 Å². The predicted molar refractivity (Wildman–Crippen MR) is 275 cm³/mol. The second-order valence-electron chi connectivity index (χ2n) is 21.4. The molecule has 0 aromatic heterocycles. The largest absolute Gasteiger partial charge is 0.462 e. The quantitative estimate of drug-likeness (QED) is 0.0344. The lowest BCUT2D eigenvalue weighted by atomic mass is 10.0. The molecule has 6 heteroatoms. The van der Waals surface area contributed by atoms with Gasteiger partial charge in [-0.05, 0) is 37.0 Å². The molecule has 0 aliphatic rings. The Kier molecular flexibility index (Phi) is 48.1. The van der Waals surface area contributed by atoms with Gasteiger partial charge in [-0.3, -0.25) is 14.4 Å². The Hall–Kier alpha value is -1.59. The van der Waals surface area contributed by atoms with E-state index in [0.29, 0.717) is 19.3 Å². The maximum absolute atomic E-state index is 12.8. The summed E-state index contributed by atoms with van der Waals surface area (Å²) in [5.74, 6) is 1.64. The first-order chi connectivity index (χ1) is 31.1. The minimum Gasteiger partial charge on any atom is -0.462 e. The summed E-state index contributed by atoms with van der Waals surface area (Å²) in [4.78, 5) is 38.1. The maximum atomic E-state index is 12.8. The zero-order chi connectivity index (χ0) is 47.0. The number of carbonyl (C=O) groups is 3. The van der Waals surface area contributed by atoms with Gasteiger partial charge in [0.15, 0.2) is 6.10 Å². The summed E-state index contributed by atoms with van der Waals surface area (Å²) >= 11 is 0. The van der Waals surface area contributed by atoms with Crippen LogP contribution in [-0.2, 0) is 28.6 Å². The lowest BCUT2D eigenvalue weighted by Gasteiger charge is -2.18. The predicted octanol–water partition coefficient (Wildman–Crippen LogP) is 18.7. The summed E-state index contributed by atoms with van der Waals surface area (Å²) in [7, 11) is 0. The summed E-state index contributed by atoms with van der Waals surface area (Å²) in [6.45, 7) is 13.7. The highest BCUT2D eigenvalue weighted by Crippen LogP contribution is 2.18. The van der Waals surface area contributed by atoms with Crippen LogP contribution < -0.4 is 0 Å². The Morgan fingerprint density at radius 2 is 0.453 bits per heavy atom. The molecule has 0 amide bonds. The molecule has 64 heavy (non-hydrogen) atoms. The highest BCUT2D eigenvalue weighted by atomic mass is 16.6. The van der Waals surface area contributed by atoms with Crippen LogP contribution in [0.3, 0.4) is 0 Å². The Morgan fingerprint density at radius 1 is 0.266 bits per heavy atom. The fourth-order valence-electron chi connectivity index (χ4n) is 8.82. The van der Waals surface area contributed by atoms with Crippen molar-refractivity contribution in [2.45, 2.75) is 324 Å². The summed E-state index contributed by atoms with van der Waals surface area (Å²) in [6, 6.07) is 0. The van der Waals surface area contributed by atoms with Crippen LogP contribution in [0.2, 0.25) is 0 Å². The van der Waals surface area contributed by atoms with Crippen LogP contribution in [0.4, 0.5) is 0 Å². The Balaban J connectivity index is 4.27. The monoisotopic (exact) mass is 905 g/mol. The summed E-state index contributed by atoms with van der Waals surface area (Å²) in [5, 5.41) is 0. The van der Waals surface area contributed by atoms with Crippen molar-refractivity contribution in [2.75, 3.05) is 13.2 Å². The normalized spacial score (nSPS) is 12.1. The molecule has 1 atom stereocenters. The van der Waals surface area contributed by atoms with Gasteiger partial charge in [0, 0.05) is 19.3 Å². The van der Waals surface area contributed by atoms with Gasteiger partial charge in [-0.25, -0.2) is 0 Å². The molecule has 0 aromatic rings. The first kappa shape index (κ1) is 62.4. The van der Waals surface area contributed by atoms with Crippen molar-refractivity contribution in [3.63, 3.8) is 0 Å². The summed E-state index contributed by atoms with van der Waals surface area (Å²) < 4.78 is 16.9. The van der Waals surface area contributed by atoms with E-state index in [4.69, 9.17) is 14.2 Å². The fourth-order valence-corrected chi connectivity index (χ4v) is 8.82. The van der Waals surface area contributed by atoms with Crippen LogP contribution in [0.15, 0.2) is 0 Å². The molecule has 0 fully saturated rings. The van der Waals surface area contributed by atoms with E-state index >= 15 is 0 Å². The van der Waals surface area contributed by atoms with Gasteiger partial charge in [0.25, 0.3) is 0 Å². The number of rotatable bonds is 51. The molecular formula is C58H112O6. The van der Waals surface area contributed by atoms with Crippen molar-refractivity contribution in [1.82, 2.24) is 0 Å². The van der Waals surface area contributed by atoms with Gasteiger partial charge in [-0.15, -0.1) is 0 Å². The Bertz CT molecular complexity index is 991. The van der Waals surface area contributed by atoms with Crippen molar-refractivity contribution in [3.8, 4) is 0 Å². The molecule has 380 valence electrons. The van der Waals surface area contributed by atoms with E-state index in [-0.39, 0.29) is 31.1 Å². The van der Waals surface area contributed by atoms with Gasteiger partial charge in [-0.2, -0.15) is 0 Å². The van der Waals surface area contributed by atoms with Gasteiger partial charge >= 0.3 is 17.9 Å². The van der Waals surface area contributed by atoms with Crippen molar-refractivity contribution in [3.05, 3.63) is 0 Å². The molecule has 0 rings (SSSR count). The smallest absolute Gasteiger partial charge is 0.306 e. The third-order valence-corrected chi connectivity index (χ3v) is 13.1. The molecule has 0 heterocycles. The average Bonchev–Trinajstić information content (AvgIpc) is 3.25. The van der Waals surface area contributed by atoms with E-state index in [1.165, 1.54) is 199 Å². The zero-order valence-corrected chi connectivity index (χ0v) is 44.1. The van der Waals surface area contributed by atoms with Crippen LogP contribution in [-0.4, -0.2) is 37.2 Å². The van der Waals surface area contributed by atoms with Crippen molar-refractivity contribution >= 4 is 17.9 Å². The molecule has 0 N–H and O–H groups in total. The van der Waals surface area contributed by atoms with E-state index < -0.39 is 6.10 Å². The minimum atomic E-state index is -0.763. The minimum absolute atomic E-state index is 0.0639. The molecule has 0 aliphatic carbocycles. The number of esters is 3. The molecule has 6 nitrogen and oxygen atoms in total. The highest BCUT2D eigenvalue weighted by molar-refractivity contribution is 5.71. The molecule has 0 aromatic carbocycles. The third kappa shape index (κ3) is 51.4. The average molecular weight is 906 g/mol. The third-order valence-electron chi connectivity index (χ3n) is 13.1. The van der Waals surface area contributed by atoms with Gasteiger partial charge < -0.3 is 14.2 Å². The number of ether oxygens (including phenoxy) is 3. The molecule has 0 aliphatic heterocycles. The molecule has 0 saturated heterocycles. The van der Waals surface area contributed by atoms with Crippen LogP contribution >= 0.6 is 0 Å².